The summed E-state index contributed by atoms with van der Waals surface area (Å²) in [7, 11) is 0. The predicted octanol–water partition coefficient (Wildman–Crippen LogP) is 4.15. The number of nitrogens with one attached hydrogen (secondary N) is 2. The van der Waals surface area contributed by atoms with Gasteiger partial charge in [-0.1, -0.05) is 35.7 Å². The van der Waals surface area contributed by atoms with Crippen molar-refractivity contribution in [1.82, 2.24) is 10.6 Å². The largest absolute Gasteiger partial charge is 0.338 e. The van der Waals surface area contributed by atoms with Crippen LogP contribution in [0.25, 0.3) is 0 Å². The molecule has 1 unspecified atom stereocenters. The monoisotopic (exact) mass is 300 g/mol. The van der Waals surface area contributed by atoms with Crippen molar-refractivity contribution in [3.8, 4) is 0 Å². The molecule has 0 aliphatic heterocycles. The maximum Gasteiger partial charge on any atom is 0.315 e. The zero-order chi connectivity index (χ0) is 13.8. The Labute approximate surface area is 123 Å². The number of halogens is 2. The van der Waals surface area contributed by atoms with E-state index >= 15 is 0 Å². The first-order valence-corrected chi connectivity index (χ1v) is 7.31. The molecule has 0 bridgehead atoms. The van der Waals surface area contributed by atoms with Crippen LogP contribution in [0.1, 0.15) is 37.8 Å². The molecule has 1 aromatic rings. The van der Waals surface area contributed by atoms with Crippen molar-refractivity contribution in [2.45, 2.75) is 32.2 Å². The van der Waals surface area contributed by atoms with Crippen LogP contribution < -0.4 is 10.6 Å². The molecule has 0 spiro atoms. The normalized spacial score (nSPS) is 16.6. The summed E-state index contributed by atoms with van der Waals surface area (Å²) in [6.07, 6.45) is 3.72. The van der Waals surface area contributed by atoms with E-state index in [0.717, 1.165) is 12.1 Å². The lowest BCUT2D eigenvalue weighted by atomic mass is 9.85. The highest BCUT2D eigenvalue weighted by Gasteiger charge is 2.18. The first-order chi connectivity index (χ1) is 9.06. The first kappa shape index (κ1) is 14.5. The van der Waals surface area contributed by atoms with Crippen LogP contribution in [0.3, 0.4) is 0 Å². The number of hydrogen-bond acceptors (Lipinski definition) is 1. The predicted molar refractivity (Wildman–Crippen MR) is 78.8 cm³/mol. The van der Waals surface area contributed by atoms with E-state index in [0.29, 0.717) is 16.0 Å². The Hall–Kier alpha value is -0.930. The van der Waals surface area contributed by atoms with Crippen molar-refractivity contribution in [1.29, 1.82) is 0 Å². The second-order valence-corrected chi connectivity index (χ2v) is 5.88. The number of carbonyl (C=O) groups is 1. The SMILES string of the molecule is CC(NC(=O)NCC1CCC1)c1ccc(Cl)cc1Cl. The third-order valence-corrected chi connectivity index (χ3v) is 4.12. The summed E-state index contributed by atoms with van der Waals surface area (Å²) in [5.74, 6) is 0.653. The van der Waals surface area contributed by atoms with Crippen LogP contribution in [0.15, 0.2) is 18.2 Å². The molecule has 2 amide bonds. The van der Waals surface area contributed by atoms with Crippen LogP contribution in [0.5, 0.6) is 0 Å². The molecule has 0 aromatic heterocycles. The van der Waals surface area contributed by atoms with Crippen LogP contribution in [0, 0.1) is 5.92 Å². The van der Waals surface area contributed by atoms with Gasteiger partial charge in [-0.25, -0.2) is 4.79 Å². The molecule has 5 heteroatoms. The summed E-state index contributed by atoms with van der Waals surface area (Å²) >= 11 is 12.0. The van der Waals surface area contributed by atoms with E-state index in [-0.39, 0.29) is 12.1 Å². The van der Waals surface area contributed by atoms with Crippen LogP contribution in [-0.4, -0.2) is 12.6 Å². The van der Waals surface area contributed by atoms with Crippen LogP contribution in [-0.2, 0) is 0 Å². The average molecular weight is 301 g/mol. The fraction of sp³-hybridized carbons (Fsp3) is 0.500. The Morgan fingerprint density at radius 2 is 2.16 bits per heavy atom. The molecule has 0 radical (unpaired) electrons. The van der Waals surface area contributed by atoms with Crippen LogP contribution >= 0.6 is 23.2 Å². The van der Waals surface area contributed by atoms with Crippen molar-refractivity contribution in [3.05, 3.63) is 33.8 Å². The minimum atomic E-state index is -0.148. The molecule has 104 valence electrons. The lowest BCUT2D eigenvalue weighted by molar-refractivity contribution is 0.230. The third kappa shape index (κ3) is 4.02. The van der Waals surface area contributed by atoms with E-state index in [1.807, 2.05) is 13.0 Å². The fourth-order valence-electron chi connectivity index (χ4n) is 2.11. The molecule has 19 heavy (non-hydrogen) atoms. The minimum absolute atomic E-state index is 0.147. The number of carbonyl (C=O) groups excluding carboxylic acids is 1. The third-order valence-electron chi connectivity index (χ3n) is 3.55. The minimum Gasteiger partial charge on any atom is -0.338 e. The van der Waals surface area contributed by atoms with Gasteiger partial charge in [0.2, 0.25) is 0 Å². The van der Waals surface area contributed by atoms with Gasteiger partial charge >= 0.3 is 6.03 Å². The maximum absolute atomic E-state index is 11.8. The van der Waals surface area contributed by atoms with Gasteiger partial charge in [0.1, 0.15) is 0 Å². The van der Waals surface area contributed by atoms with E-state index in [1.54, 1.807) is 12.1 Å². The highest BCUT2D eigenvalue weighted by Crippen LogP contribution is 2.26. The van der Waals surface area contributed by atoms with Gasteiger partial charge in [0, 0.05) is 16.6 Å². The van der Waals surface area contributed by atoms with Crippen LogP contribution in [0.2, 0.25) is 10.0 Å². The quantitative estimate of drug-likeness (QED) is 0.861. The molecule has 1 aliphatic carbocycles. The van der Waals surface area contributed by atoms with E-state index in [2.05, 4.69) is 10.6 Å². The molecule has 1 atom stereocenters. The molecule has 2 N–H and O–H groups in total. The Morgan fingerprint density at radius 3 is 2.74 bits per heavy atom. The zero-order valence-corrected chi connectivity index (χ0v) is 12.4. The first-order valence-electron chi connectivity index (χ1n) is 6.55. The van der Waals surface area contributed by atoms with Crippen molar-refractivity contribution in [2.75, 3.05) is 6.54 Å². The lowest BCUT2D eigenvalue weighted by Crippen LogP contribution is -2.40. The van der Waals surface area contributed by atoms with Gasteiger partial charge < -0.3 is 10.6 Å². The van der Waals surface area contributed by atoms with Crippen molar-refractivity contribution < 1.29 is 4.79 Å². The smallest absolute Gasteiger partial charge is 0.315 e. The van der Waals surface area contributed by atoms with Gasteiger partial charge in [0.15, 0.2) is 0 Å². The van der Waals surface area contributed by atoms with Crippen LogP contribution in [0.4, 0.5) is 4.79 Å². The highest BCUT2D eigenvalue weighted by molar-refractivity contribution is 6.35. The van der Waals surface area contributed by atoms with E-state index < -0.39 is 0 Å². The summed E-state index contributed by atoms with van der Waals surface area (Å²) in [6, 6.07) is 4.99. The number of benzene rings is 1. The summed E-state index contributed by atoms with van der Waals surface area (Å²) in [5.41, 5.74) is 0.866. The Balaban J connectivity index is 1.84. The summed E-state index contributed by atoms with van der Waals surface area (Å²) in [4.78, 5) is 11.8. The molecule has 1 fully saturated rings. The zero-order valence-electron chi connectivity index (χ0n) is 10.9. The average Bonchev–Trinajstić information content (AvgIpc) is 2.26. The fourth-order valence-corrected chi connectivity index (χ4v) is 2.68. The number of amides is 2. The Bertz CT molecular complexity index is 461. The lowest BCUT2D eigenvalue weighted by Gasteiger charge is -2.26. The van der Waals surface area contributed by atoms with E-state index in [4.69, 9.17) is 23.2 Å². The molecule has 3 nitrogen and oxygen atoms in total. The molecular weight excluding hydrogens is 283 g/mol. The number of rotatable bonds is 4. The van der Waals surface area contributed by atoms with Gasteiger partial charge in [-0.15, -0.1) is 0 Å². The molecule has 1 aromatic carbocycles. The van der Waals surface area contributed by atoms with Gasteiger partial charge in [-0.3, -0.25) is 0 Å². The Kier molecular flexibility index (Phi) is 4.94. The molecule has 0 heterocycles. The topological polar surface area (TPSA) is 41.1 Å². The second kappa shape index (κ2) is 6.49. The second-order valence-electron chi connectivity index (χ2n) is 5.04. The van der Waals surface area contributed by atoms with Gasteiger partial charge in [0.25, 0.3) is 0 Å². The highest BCUT2D eigenvalue weighted by atomic mass is 35.5. The van der Waals surface area contributed by atoms with E-state index in [9.17, 15) is 4.79 Å². The summed E-state index contributed by atoms with van der Waals surface area (Å²) in [6.45, 7) is 2.66. The van der Waals surface area contributed by atoms with Crippen molar-refractivity contribution in [2.24, 2.45) is 5.92 Å². The Morgan fingerprint density at radius 1 is 1.42 bits per heavy atom. The standard InChI is InChI=1S/C14H18Cl2N2O/c1-9(12-6-5-11(15)7-13(12)16)18-14(19)17-8-10-3-2-4-10/h5-7,9-10H,2-4,8H2,1H3,(H2,17,18,19). The van der Waals surface area contributed by atoms with Crippen molar-refractivity contribution in [3.63, 3.8) is 0 Å². The number of urea groups is 1. The molecule has 2 rings (SSSR count). The maximum atomic E-state index is 11.8. The molecule has 0 saturated heterocycles. The van der Waals surface area contributed by atoms with E-state index in [1.165, 1.54) is 19.3 Å². The van der Waals surface area contributed by atoms with Gasteiger partial charge in [-0.2, -0.15) is 0 Å². The van der Waals surface area contributed by atoms with Gasteiger partial charge in [0.05, 0.1) is 6.04 Å². The summed E-state index contributed by atoms with van der Waals surface area (Å²) in [5, 5.41) is 6.94. The van der Waals surface area contributed by atoms with Crippen molar-refractivity contribution >= 4 is 29.2 Å². The van der Waals surface area contributed by atoms with Gasteiger partial charge in [-0.05, 0) is 43.4 Å². The number of hydrogen-bond donors (Lipinski definition) is 2. The molecule has 1 saturated carbocycles. The molecular formula is C14H18Cl2N2O. The molecule has 1 aliphatic rings. The summed E-state index contributed by atoms with van der Waals surface area (Å²) < 4.78 is 0.